The van der Waals surface area contributed by atoms with Gasteiger partial charge in [0.1, 0.15) is 0 Å². The molecule has 0 amide bonds. The van der Waals surface area contributed by atoms with Gasteiger partial charge >= 0.3 is 0 Å². The molecule has 1 N–H and O–H groups in total. The number of hydrogen-bond acceptors (Lipinski definition) is 2. The van der Waals surface area contributed by atoms with Crippen LogP contribution in [0.4, 0.5) is 0 Å². The van der Waals surface area contributed by atoms with Crippen LogP contribution in [0.1, 0.15) is 54.5 Å². The molecule has 4 rings (SSSR count). The minimum absolute atomic E-state index is 0.426. The molecule has 1 aliphatic rings. The number of allylic oxidation sites excluding steroid dienone is 1. The fourth-order valence-corrected chi connectivity index (χ4v) is 4.44. The van der Waals surface area contributed by atoms with Crippen molar-refractivity contribution in [2.75, 3.05) is 0 Å². The highest BCUT2D eigenvalue weighted by Crippen LogP contribution is 2.28. The van der Waals surface area contributed by atoms with Crippen molar-refractivity contribution in [3.05, 3.63) is 95.6 Å². The molecule has 1 unspecified atom stereocenters. The maximum atomic E-state index is 4.41. The molecule has 3 aromatic rings. The van der Waals surface area contributed by atoms with Gasteiger partial charge in [-0.25, -0.2) is 4.98 Å². The van der Waals surface area contributed by atoms with E-state index in [2.05, 4.69) is 82.5 Å². The van der Waals surface area contributed by atoms with E-state index in [4.69, 9.17) is 0 Å². The predicted octanol–water partition coefficient (Wildman–Crippen LogP) is 5.94. The van der Waals surface area contributed by atoms with Gasteiger partial charge in [0.2, 0.25) is 0 Å². The molecular weight excluding hydrogens is 366 g/mol. The minimum Gasteiger partial charge on any atom is -0.333 e. The fraction of sp³-hybridized carbons (Fsp3) is 0.370. The van der Waals surface area contributed by atoms with Crippen LogP contribution in [-0.4, -0.2) is 15.6 Å². The second-order valence-corrected chi connectivity index (χ2v) is 8.41. The molecular formula is C27H33N3. The number of imidazole rings is 1. The second-order valence-electron chi connectivity index (χ2n) is 8.41. The van der Waals surface area contributed by atoms with Gasteiger partial charge < -0.3 is 9.88 Å². The van der Waals surface area contributed by atoms with Crippen molar-refractivity contribution in [1.29, 1.82) is 0 Å². The maximum Gasteiger partial charge on any atom is 0.0948 e. The summed E-state index contributed by atoms with van der Waals surface area (Å²) in [6.07, 6.45) is 13.6. The van der Waals surface area contributed by atoms with Gasteiger partial charge in [0, 0.05) is 25.3 Å². The van der Waals surface area contributed by atoms with E-state index >= 15 is 0 Å². The van der Waals surface area contributed by atoms with Gasteiger partial charge in [-0.15, -0.1) is 0 Å². The lowest BCUT2D eigenvalue weighted by Crippen LogP contribution is -2.27. The first-order valence-electron chi connectivity index (χ1n) is 11.3. The topological polar surface area (TPSA) is 29.9 Å². The quantitative estimate of drug-likeness (QED) is 0.508. The Hall–Kier alpha value is -2.65. The van der Waals surface area contributed by atoms with Crippen molar-refractivity contribution in [1.82, 2.24) is 14.9 Å². The van der Waals surface area contributed by atoms with E-state index in [-0.39, 0.29) is 0 Å². The monoisotopic (exact) mass is 399 g/mol. The van der Waals surface area contributed by atoms with Gasteiger partial charge in [0.15, 0.2) is 0 Å². The van der Waals surface area contributed by atoms with Crippen LogP contribution in [0.15, 0.2) is 73.2 Å². The SMILES string of the molecule is Cc1ccccc1C1=CC(NCc2cncn2CCCc2ccccc2)CCCC1. The first-order chi connectivity index (χ1) is 14.8. The van der Waals surface area contributed by atoms with E-state index in [1.807, 2.05) is 12.5 Å². The summed E-state index contributed by atoms with van der Waals surface area (Å²) >= 11 is 0. The Morgan fingerprint density at radius 2 is 1.87 bits per heavy atom. The van der Waals surface area contributed by atoms with Crippen LogP contribution >= 0.6 is 0 Å². The van der Waals surface area contributed by atoms with E-state index < -0.39 is 0 Å². The molecule has 0 fully saturated rings. The van der Waals surface area contributed by atoms with Crippen molar-refractivity contribution in [3.8, 4) is 0 Å². The van der Waals surface area contributed by atoms with Crippen LogP contribution in [0.25, 0.3) is 5.57 Å². The van der Waals surface area contributed by atoms with Crippen molar-refractivity contribution in [2.24, 2.45) is 0 Å². The fourth-order valence-electron chi connectivity index (χ4n) is 4.44. The lowest BCUT2D eigenvalue weighted by molar-refractivity contribution is 0.516. The Bertz CT molecular complexity index is 955. The summed E-state index contributed by atoms with van der Waals surface area (Å²) in [7, 11) is 0. The summed E-state index contributed by atoms with van der Waals surface area (Å²) < 4.78 is 2.30. The van der Waals surface area contributed by atoms with Crippen molar-refractivity contribution >= 4 is 5.57 Å². The Morgan fingerprint density at radius 1 is 1.03 bits per heavy atom. The van der Waals surface area contributed by atoms with E-state index in [0.29, 0.717) is 6.04 Å². The lowest BCUT2D eigenvalue weighted by atomic mass is 9.97. The maximum absolute atomic E-state index is 4.41. The molecule has 0 saturated carbocycles. The van der Waals surface area contributed by atoms with Crippen molar-refractivity contribution in [2.45, 2.75) is 64.6 Å². The van der Waals surface area contributed by atoms with E-state index in [1.54, 1.807) is 0 Å². The van der Waals surface area contributed by atoms with E-state index in [1.165, 1.54) is 53.6 Å². The number of aryl methyl sites for hydroxylation is 3. The molecule has 0 bridgehead atoms. The van der Waals surface area contributed by atoms with Crippen molar-refractivity contribution < 1.29 is 0 Å². The highest BCUT2D eigenvalue weighted by atomic mass is 15.1. The van der Waals surface area contributed by atoms with Gasteiger partial charge in [0.25, 0.3) is 0 Å². The van der Waals surface area contributed by atoms with Crippen LogP contribution in [0.3, 0.4) is 0 Å². The predicted molar refractivity (Wildman–Crippen MR) is 125 cm³/mol. The molecule has 1 heterocycles. The minimum atomic E-state index is 0.426. The third kappa shape index (κ3) is 5.48. The first-order valence-corrected chi connectivity index (χ1v) is 11.3. The van der Waals surface area contributed by atoms with Crippen molar-refractivity contribution in [3.63, 3.8) is 0 Å². The zero-order chi connectivity index (χ0) is 20.6. The van der Waals surface area contributed by atoms with E-state index in [0.717, 1.165) is 25.9 Å². The second kappa shape index (κ2) is 10.4. The molecule has 0 spiro atoms. The van der Waals surface area contributed by atoms with Crippen LogP contribution < -0.4 is 5.32 Å². The zero-order valence-electron chi connectivity index (χ0n) is 18.1. The number of hydrogen-bond donors (Lipinski definition) is 1. The summed E-state index contributed by atoms with van der Waals surface area (Å²) in [6.45, 7) is 4.10. The highest BCUT2D eigenvalue weighted by Gasteiger charge is 2.15. The zero-order valence-corrected chi connectivity index (χ0v) is 18.1. The van der Waals surface area contributed by atoms with Gasteiger partial charge in [0.05, 0.1) is 12.0 Å². The Labute approximate surface area is 180 Å². The molecule has 0 radical (unpaired) electrons. The molecule has 1 atom stereocenters. The largest absolute Gasteiger partial charge is 0.333 e. The summed E-state index contributed by atoms with van der Waals surface area (Å²) in [6, 6.07) is 19.9. The first kappa shape index (κ1) is 20.6. The summed E-state index contributed by atoms with van der Waals surface area (Å²) in [5.74, 6) is 0. The number of nitrogens with zero attached hydrogens (tertiary/aromatic N) is 2. The Balaban J connectivity index is 1.35. The van der Waals surface area contributed by atoms with Gasteiger partial charge in [-0.2, -0.15) is 0 Å². The number of nitrogens with one attached hydrogen (secondary N) is 1. The molecule has 156 valence electrons. The summed E-state index contributed by atoms with van der Waals surface area (Å²) in [5, 5.41) is 3.79. The van der Waals surface area contributed by atoms with Crippen LogP contribution in [0.5, 0.6) is 0 Å². The third-order valence-corrected chi connectivity index (χ3v) is 6.16. The Morgan fingerprint density at radius 3 is 2.73 bits per heavy atom. The number of benzene rings is 2. The molecule has 30 heavy (non-hydrogen) atoms. The standard InChI is InChI=1S/C27H33N3/c1-22-10-5-8-16-27(22)24-14-6-7-15-25(18-24)29-20-26-19-28-21-30(26)17-9-13-23-11-3-2-4-12-23/h2-5,8,10-12,16,18-19,21,25,29H,6-7,9,13-15,17,20H2,1H3. The molecule has 3 heteroatoms. The third-order valence-electron chi connectivity index (χ3n) is 6.16. The lowest BCUT2D eigenvalue weighted by Gasteiger charge is -2.16. The molecule has 1 aliphatic carbocycles. The highest BCUT2D eigenvalue weighted by molar-refractivity contribution is 5.68. The molecule has 2 aromatic carbocycles. The van der Waals surface area contributed by atoms with Gasteiger partial charge in [-0.05, 0) is 61.3 Å². The van der Waals surface area contributed by atoms with Crippen LogP contribution in [0, 0.1) is 6.92 Å². The average Bonchev–Trinajstić information content (AvgIpc) is 3.08. The number of aromatic nitrogens is 2. The molecule has 3 nitrogen and oxygen atoms in total. The average molecular weight is 400 g/mol. The normalized spacial score (nSPS) is 16.8. The molecule has 0 saturated heterocycles. The van der Waals surface area contributed by atoms with Gasteiger partial charge in [-0.1, -0.05) is 67.1 Å². The summed E-state index contributed by atoms with van der Waals surface area (Å²) in [4.78, 5) is 4.41. The Kier molecular flexibility index (Phi) is 7.15. The van der Waals surface area contributed by atoms with E-state index in [9.17, 15) is 0 Å². The smallest absolute Gasteiger partial charge is 0.0948 e. The van der Waals surface area contributed by atoms with Crippen LogP contribution in [0.2, 0.25) is 0 Å². The molecule has 0 aliphatic heterocycles. The number of rotatable bonds is 8. The summed E-state index contributed by atoms with van der Waals surface area (Å²) in [5.41, 5.74) is 6.97. The molecule has 1 aromatic heterocycles. The van der Waals surface area contributed by atoms with Gasteiger partial charge in [-0.3, -0.25) is 0 Å². The van der Waals surface area contributed by atoms with Crippen LogP contribution in [-0.2, 0) is 19.5 Å².